The Morgan fingerprint density at radius 2 is 1.70 bits per heavy atom. The van der Waals surface area contributed by atoms with Crippen molar-refractivity contribution in [2.24, 2.45) is 0 Å². The Hall–Kier alpha value is -3.86. The second kappa shape index (κ2) is 7.19. The summed E-state index contributed by atoms with van der Waals surface area (Å²) in [5.74, 6) is 0.567. The number of carbonyl (C=O) groups is 1. The van der Waals surface area contributed by atoms with Crippen LogP contribution in [0, 0.1) is 0 Å². The van der Waals surface area contributed by atoms with Crippen LogP contribution in [0.1, 0.15) is 23.5 Å². The van der Waals surface area contributed by atoms with E-state index in [0.717, 1.165) is 16.9 Å². The number of esters is 1. The third-order valence-corrected chi connectivity index (χ3v) is 5.49. The Morgan fingerprint density at radius 3 is 2.43 bits per heavy atom. The highest BCUT2D eigenvalue weighted by atomic mass is 16.5. The maximum Gasteiger partial charge on any atom is 0.312 e. The first-order valence-electron chi connectivity index (χ1n) is 9.64. The summed E-state index contributed by atoms with van der Waals surface area (Å²) in [7, 11) is 1.61. The summed E-state index contributed by atoms with van der Waals surface area (Å²) in [6, 6.07) is 20.3. The van der Waals surface area contributed by atoms with Crippen LogP contribution < -0.4 is 14.9 Å². The van der Waals surface area contributed by atoms with Gasteiger partial charge in [-0.1, -0.05) is 42.5 Å². The molecule has 5 heteroatoms. The zero-order valence-electron chi connectivity index (χ0n) is 16.3. The van der Waals surface area contributed by atoms with Crippen LogP contribution in [0.4, 0.5) is 0 Å². The first-order chi connectivity index (χ1) is 14.7. The van der Waals surface area contributed by atoms with Crippen LogP contribution >= 0.6 is 0 Å². The van der Waals surface area contributed by atoms with Crippen molar-refractivity contribution >= 4 is 16.9 Å². The van der Waals surface area contributed by atoms with Gasteiger partial charge in [0.05, 0.1) is 24.5 Å². The van der Waals surface area contributed by atoms with Crippen LogP contribution in [0.25, 0.3) is 22.1 Å². The van der Waals surface area contributed by atoms with Crippen LogP contribution in [-0.2, 0) is 4.79 Å². The fourth-order valence-corrected chi connectivity index (χ4v) is 3.99. The van der Waals surface area contributed by atoms with Crippen molar-refractivity contribution in [1.29, 1.82) is 0 Å². The lowest BCUT2D eigenvalue weighted by Crippen LogP contribution is -2.22. The summed E-state index contributed by atoms with van der Waals surface area (Å²) in [4.78, 5) is 25.5. The van der Waals surface area contributed by atoms with Gasteiger partial charge in [-0.3, -0.25) is 9.59 Å². The lowest BCUT2D eigenvalue weighted by molar-refractivity contribution is -0.135. The normalized spacial score (nSPS) is 15.5. The molecule has 0 spiro atoms. The molecule has 1 unspecified atom stereocenters. The summed E-state index contributed by atoms with van der Waals surface area (Å²) >= 11 is 0. The van der Waals surface area contributed by atoms with Gasteiger partial charge in [0.15, 0.2) is 0 Å². The molecule has 0 bridgehead atoms. The number of rotatable bonds is 3. The average molecular weight is 398 g/mol. The van der Waals surface area contributed by atoms with Gasteiger partial charge in [0, 0.05) is 11.5 Å². The van der Waals surface area contributed by atoms with E-state index < -0.39 is 0 Å². The first kappa shape index (κ1) is 18.2. The fourth-order valence-electron chi connectivity index (χ4n) is 3.99. The Labute approximate surface area is 172 Å². The molecular formula is C25H18O5. The molecule has 148 valence electrons. The van der Waals surface area contributed by atoms with Crippen molar-refractivity contribution in [3.8, 4) is 22.6 Å². The number of hydrogen-bond acceptors (Lipinski definition) is 5. The number of ether oxygens (including phenoxy) is 2. The number of carbonyl (C=O) groups excluding carboxylic acids is 1. The van der Waals surface area contributed by atoms with Crippen molar-refractivity contribution in [2.75, 3.05) is 7.11 Å². The quantitative estimate of drug-likeness (QED) is 0.362. The molecule has 0 radical (unpaired) electrons. The summed E-state index contributed by atoms with van der Waals surface area (Å²) in [5.41, 5.74) is 3.27. The molecule has 30 heavy (non-hydrogen) atoms. The molecule has 1 aliphatic heterocycles. The van der Waals surface area contributed by atoms with Crippen molar-refractivity contribution in [1.82, 2.24) is 0 Å². The minimum absolute atomic E-state index is 0.115. The van der Waals surface area contributed by atoms with Crippen molar-refractivity contribution in [2.45, 2.75) is 12.3 Å². The highest BCUT2D eigenvalue weighted by Gasteiger charge is 2.32. The van der Waals surface area contributed by atoms with E-state index in [4.69, 9.17) is 13.9 Å². The topological polar surface area (TPSA) is 65.7 Å². The molecule has 0 aliphatic carbocycles. The molecule has 1 atom stereocenters. The molecule has 0 saturated heterocycles. The number of hydrogen-bond donors (Lipinski definition) is 0. The van der Waals surface area contributed by atoms with E-state index in [1.54, 1.807) is 19.2 Å². The van der Waals surface area contributed by atoms with Crippen LogP contribution in [0.3, 0.4) is 0 Å². The zero-order chi connectivity index (χ0) is 20.7. The van der Waals surface area contributed by atoms with Gasteiger partial charge >= 0.3 is 5.97 Å². The summed E-state index contributed by atoms with van der Waals surface area (Å²) in [6.45, 7) is 0. The predicted octanol–water partition coefficient (Wildman–Crippen LogP) is 4.91. The maximum atomic E-state index is 13.2. The van der Waals surface area contributed by atoms with E-state index in [-0.39, 0.29) is 23.7 Å². The lowest BCUT2D eigenvalue weighted by atomic mass is 9.85. The highest BCUT2D eigenvalue weighted by molar-refractivity contribution is 5.90. The van der Waals surface area contributed by atoms with Gasteiger partial charge in [0.1, 0.15) is 23.3 Å². The molecule has 5 nitrogen and oxygen atoms in total. The van der Waals surface area contributed by atoms with Gasteiger partial charge in [-0.2, -0.15) is 0 Å². The third kappa shape index (κ3) is 2.95. The van der Waals surface area contributed by atoms with Crippen molar-refractivity contribution in [3.63, 3.8) is 0 Å². The molecule has 2 heterocycles. The summed E-state index contributed by atoms with van der Waals surface area (Å²) in [5, 5.41) is 0.464. The highest BCUT2D eigenvalue weighted by Crippen LogP contribution is 2.43. The Kier molecular flexibility index (Phi) is 4.36. The molecular weight excluding hydrogens is 380 g/mol. The van der Waals surface area contributed by atoms with Gasteiger partial charge in [-0.15, -0.1) is 0 Å². The molecule has 3 aromatic carbocycles. The van der Waals surface area contributed by atoms with Crippen molar-refractivity contribution < 1.29 is 18.7 Å². The number of benzene rings is 3. The number of methoxy groups -OCH3 is 1. The smallest absolute Gasteiger partial charge is 0.312 e. The Bertz CT molecular complexity index is 1300. The molecule has 0 amide bonds. The van der Waals surface area contributed by atoms with Gasteiger partial charge in [-0.25, -0.2) is 0 Å². The van der Waals surface area contributed by atoms with Crippen LogP contribution in [-0.4, -0.2) is 13.1 Å². The first-order valence-corrected chi connectivity index (χ1v) is 9.64. The Balaban J connectivity index is 1.71. The van der Waals surface area contributed by atoms with E-state index in [1.165, 1.54) is 6.26 Å². The minimum Gasteiger partial charge on any atom is -0.497 e. The average Bonchev–Trinajstić information content (AvgIpc) is 2.79. The number of fused-ring (bicyclic) bond motifs is 3. The standard InChI is InChI=1S/C25H18O5/c1-28-17-9-7-16(8-10-17)19-13-22(26)30-21-12-11-18-24(27)20(14-29-25(18)23(19)21)15-5-3-2-4-6-15/h2-12,14,19H,13H2,1H3. The monoisotopic (exact) mass is 398 g/mol. The fraction of sp³-hybridized carbons (Fsp3) is 0.120. The molecule has 1 aliphatic rings. The predicted molar refractivity (Wildman–Crippen MR) is 113 cm³/mol. The van der Waals surface area contributed by atoms with Crippen LogP contribution in [0.5, 0.6) is 11.5 Å². The van der Waals surface area contributed by atoms with E-state index in [0.29, 0.717) is 27.8 Å². The zero-order valence-corrected chi connectivity index (χ0v) is 16.3. The minimum atomic E-state index is -0.314. The van der Waals surface area contributed by atoms with E-state index >= 15 is 0 Å². The molecule has 4 aromatic rings. The van der Waals surface area contributed by atoms with Gasteiger partial charge in [0.2, 0.25) is 5.43 Å². The van der Waals surface area contributed by atoms with Crippen LogP contribution in [0.15, 0.2) is 82.2 Å². The second-order valence-electron chi connectivity index (χ2n) is 7.20. The molecule has 0 N–H and O–H groups in total. The maximum absolute atomic E-state index is 13.2. The summed E-state index contributed by atoms with van der Waals surface area (Å²) < 4.78 is 16.7. The van der Waals surface area contributed by atoms with Gasteiger partial charge < -0.3 is 13.9 Å². The van der Waals surface area contributed by atoms with E-state index in [1.807, 2.05) is 54.6 Å². The van der Waals surface area contributed by atoms with Crippen molar-refractivity contribution in [3.05, 3.63) is 94.3 Å². The summed E-state index contributed by atoms with van der Waals surface area (Å²) in [6.07, 6.45) is 1.66. The van der Waals surface area contributed by atoms with E-state index in [9.17, 15) is 9.59 Å². The molecule has 5 rings (SSSR count). The Morgan fingerprint density at radius 1 is 0.933 bits per heavy atom. The van der Waals surface area contributed by atoms with Gasteiger partial charge in [-0.05, 0) is 35.4 Å². The SMILES string of the molecule is COc1ccc(C2CC(=O)Oc3ccc4c(=O)c(-c5ccccc5)coc4c32)cc1. The molecule has 0 saturated carbocycles. The van der Waals surface area contributed by atoms with E-state index in [2.05, 4.69) is 0 Å². The van der Waals surface area contributed by atoms with Gasteiger partial charge in [0.25, 0.3) is 0 Å². The second-order valence-corrected chi connectivity index (χ2v) is 7.20. The largest absolute Gasteiger partial charge is 0.497 e. The lowest BCUT2D eigenvalue weighted by Gasteiger charge is -2.25. The molecule has 0 fully saturated rings. The molecule has 1 aromatic heterocycles. The van der Waals surface area contributed by atoms with Crippen LogP contribution in [0.2, 0.25) is 0 Å². The third-order valence-electron chi connectivity index (χ3n) is 5.49.